The van der Waals surface area contributed by atoms with Gasteiger partial charge in [0, 0.05) is 5.54 Å². The monoisotopic (exact) mass is 158 g/mol. The minimum Gasteiger partial charge on any atom is -0.325 e. The standard InChI is InChI=1S/C9H22N2/c1-8(2,6-7-11-5)9(3,4)10/h11H,6-7,10H2,1-5H3. The zero-order valence-corrected chi connectivity index (χ0v) is 8.49. The molecule has 0 unspecified atom stereocenters. The van der Waals surface area contributed by atoms with E-state index in [-0.39, 0.29) is 11.0 Å². The highest BCUT2D eigenvalue weighted by atomic mass is 14.8. The van der Waals surface area contributed by atoms with Crippen molar-refractivity contribution in [3.05, 3.63) is 0 Å². The van der Waals surface area contributed by atoms with Crippen molar-refractivity contribution in [2.75, 3.05) is 13.6 Å². The maximum absolute atomic E-state index is 6.03. The molecule has 0 saturated heterocycles. The van der Waals surface area contributed by atoms with Crippen LogP contribution >= 0.6 is 0 Å². The average Bonchev–Trinajstić information content (AvgIpc) is 1.81. The van der Waals surface area contributed by atoms with Crippen LogP contribution in [0.4, 0.5) is 0 Å². The highest BCUT2D eigenvalue weighted by Gasteiger charge is 2.32. The molecule has 0 rings (SSSR count). The molecule has 0 fully saturated rings. The Hall–Kier alpha value is -0.0800. The van der Waals surface area contributed by atoms with E-state index in [0.717, 1.165) is 13.0 Å². The molecule has 0 aliphatic rings. The van der Waals surface area contributed by atoms with E-state index < -0.39 is 0 Å². The van der Waals surface area contributed by atoms with Crippen molar-refractivity contribution >= 4 is 0 Å². The van der Waals surface area contributed by atoms with Crippen LogP contribution in [0.1, 0.15) is 34.1 Å². The summed E-state index contributed by atoms with van der Waals surface area (Å²) in [6, 6.07) is 0. The average molecular weight is 158 g/mol. The van der Waals surface area contributed by atoms with Crippen molar-refractivity contribution in [3.63, 3.8) is 0 Å². The van der Waals surface area contributed by atoms with Gasteiger partial charge in [-0.3, -0.25) is 0 Å². The van der Waals surface area contributed by atoms with Crippen LogP contribution in [-0.4, -0.2) is 19.1 Å². The molecule has 0 aromatic heterocycles. The molecular formula is C9H22N2. The van der Waals surface area contributed by atoms with E-state index in [1.54, 1.807) is 0 Å². The van der Waals surface area contributed by atoms with Gasteiger partial charge in [0.05, 0.1) is 0 Å². The molecule has 68 valence electrons. The predicted octanol–water partition coefficient (Wildman–Crippen LogP) is 1.36. The van der Waals surface area contributed by atoms with E-state index in [0.29, 0.717) is 0 Å². The van der Waals surface area contributed by atoms with Gasteiger partial charge in [-0.25, -0.2) is 0 Å². The van der Waals surface area contributed by atoms with Crippen LogP contribution in [-0.2, 0) is 0 Å². The Morgan fingerprint density at radius 1 is 1.18 bits per heavy atom. The third kappa shape index (κ3) is 3.21. The molecule has 0 aliphatic heterocycles. The Balaban J connectivity index is 4.00. The summed E-state index contributed by atoms with van der Waals surface area (Å²) < 4.78 is 0. The lowest BCUT2D eigenvalue weighted by Crippen LogP contribution is -2.48. The molecule has 0 aromatic carbocycles. The van der Waals surface area contributed by atoms with Crippen LogP contribution in [0.5, 0.6) is 0 Å². The third-order valence-electron chi connectivity index (χ3n) is 2.74. The fraction of sp³-hybridized carbons (Fsp3) is 1.00. The lowest BCUT2D eigenvalue weighted by atomic mass is 9.73. The fourth-order valence-electron chi connectivity index (χ4n) is 0.760. The molecule has 11 heavy (non-hydrogen) atoms. The zero-order valence-electron chi connectivity index (χ0n) is 8.49. The summed E-state index contributed by atoms with van der Waals surface area (Å²) in [6.45, 7) is 9.63. The van der Waals surface area contributed by atoms with Crippen LogP contribution in [0.25, 0.3) is 0 Å². The summed E-state index contributed by atoms with van der Waals surface area (Å²) in [7, 11) is 1.97. The van der Waals surface area contributed by atoms with Gasteiger partial charge < -0.3 is 11.1 Å². The fourth-order valence-corrected chi connectivity index (χ4v) is 0.760. The second-order valence-electron chi connectivity index (χ2n) is 4.46. The van der Waals surface area contributed by atoms with E-state index >= 15 is 0 Å². The van der Waals surface area contributed by atoms with Crippen LogP contribution in [0.3, 0.4) is 0 Å². The van der Waals surface area contributed by atoms with E-state index in [1.165, 1.54) is 0 Å². The Kier molecular flexibility index (Phi) is 3.52. The zero-order chi connectivity index (χ0) is 9.12. The van der Waals surface area contributed by atoms with Crippen molar-refractivity contribution in [2.24, 2.45) is 11.1 Å². The SMILES string of the molecule is CNCCC(C)(C)C(C)(C)N. The molecule has 2 nitrogen and oxygen atoms in total. The maximum Gasteiger partial charge on any atom is 0.0149 e. The minimum absolute atomic E-state index is 0.0934. The first-order chi connectivity index (χ1) is 4.81. The molecule has 0 heterocycles. The maximum atomic E-state index is 6.03. The van der Waals surface area contributed by atoms with Crippen molar-refractivity contribution in [3.8, 4) is 0 Å². The van der Waals surface area contributed by atoms with Crippen LogP contribution in [0, 0.1) is 5.41 Å². The van der Waals surface area contributed by atoms with Crippen molar-refractivity contribution < 1.29 is 0 Å². The second kappa shape index (κ2) is 3.55. The Bertz CT molecular complexity index is 111. The van der Waals surface area contributed by atoms with Crippen molar-refractivity contribution in [1.29, 1.82) is 0 Å². The van der Waals surface area contributed by atoms with Gasteiger partial charge >= 0.3 is 0 Å². The molecule has 3 N–H and O–H groups in total. The van der Waals surface area contributed by atoms with Crippen LogP contribution < -0.4 is 11.1 Å². The van der Waals surface area contributed by atoms with E-state index in [4.69, 9.17) is 5.73 Å². The lowest BCUT2D eigenvalue weighted by Gasteiger charge is -2.38. The second-order valence-corrected chi connectivity index (χ2v) is 4.46. The Morgan fingerprint density at radius 2 is 1.64 bits per heavy atom. The van der Waals surface area contributed by atoms with Crippen molar-refractivity contribution in [1.82, 2.24) is 5.32 Å². The van der Waals surface area contributed by atoms with Gasteiger partial charge in [-0.2, -0.15) is 0 Å². The van der Waals surface area contributed by atoms with Crippen LogP contribution in [0.2, 0.25) is 0 Å². The number of rotatable bonds is 4. The van der Waals surface area contributed by atoms with Crippen LogP contribution in [0.15, 0.2) is 0 Å². The normalized spacial score (nSPS) is 13.6. The summed E-state index contributed by atoms with van der Waals surface area (Å²) in [6.07, 6.45) is 1.12. The summed E-state index contributed by atoms with van der Waals surface area (Å²) in [5.74, 6) is 0. The quantitative estimate of drug-likeness (QED) is 0.648. The van der Waals surface area contributed by atoms with E-state index in [2.05, 4.69) is 33.0 Å². The Labute approximate surface area is 70.5 Å². The first-order valence-corrected chi connectivity index (χ1v) is 4.25. The van der Waals surface area contributed by atoms with Gasteiger partial charge in [0.25, 0.3) is 0 Å². The third-order valence-corrected chi connectivity index (χ3v) is 2.74. The van der Waals surface area contributed by atoms with Gasteiger partial charge in [0.1, 0.15) is 0 Å². The molecule has 0 aromatic rings. The van der Waals surface area contributed by atoms with Gasteiger partial charge in [-0.1, -0.05) is 13.8 Å². The number of nitrogens with two attached hydrogens (primary N) is 1. The first kappa shape index (κ1) is 10.9. The van der Waals surface area contributed by atoms with Gasteiger partial charge in [-0.15, -0.1) is 0 Å². The number of hydrogen-bond acceptors (Lipinski definition) is 2. The topological polar surface area (TPSA) is 38.0 Å². The van der Waals surface area contributed by atoms with Gasteiger partial charge in [-0.05, 0) is 39.3 Å². The smallest absolute Gasteiger partial charge is 0.0149 e. The Morgan fingerprint density at radius 3 is 1.91 bits per heavy atom. The minimum atomic E-state index is -0.0934. The molecular weight excluding hydrogens is 136 g/mol. The molecule has 0 saturated carbocycles. The molecule has 0 amide bonds. The van der Waals surface area contributed by atoms with E-state index in [9.17, 15) is 0 Å². The number of nitrogens with one attached hydrogen (secondary N) is 1. The van der Waals surface area contributed by atoms with Crippen molar-refractivity contribution in [2.45, 2.75) is 39.7 Å². The molecule has 0 spiro atoms. The predicted molar refractivity (Wildman–Crippen MR) is 50.6 cm³/mol. The molecule has 0 radical (unpaired) electrons. The molecule has 0 bridgehead atoms. The first-order valence-electron chi connectivity index (χ1n) is 4.25. The highest BCUT2D eigenvalue weighted by molar-refractivity contribution is 4.89. The summed E-state index contributed by atoms with van der Waals surface area (Å²) in [5, 5.41) is 3.14. The van der Waals surface area contributed by atoms with Gasteiger partial charge in [0.15, 0.2) is 0 Å². The molecule has 0 atom stereocenters. The molecule has 2 heteroatoms. The highest BCUT2D eigenvalue weighted by Crippen LogP contribution is 2.31. The summed E-state index contributed by atoms with van der Waals surface area (Å²) in [5.41, 5.74) is 6.14. The van der Waals surface area contributed by atoms with Gasteiger partial charge in [0.2, 0.25) is 0 Å². The summed E-state index contributed by atoms with van der Waals surface area (Å²) >= 11 is 0. The largest absolute Gasteiger partial charge is 0.325 e. The molecule has 0 aliphatic carbocycles. The summed E-state index contributed by atoms with van der Waals surface area (Å²) in [4.78, 5) is 0. The van der Waals surface area contributed by atoms with E-state index in [1.807, 2.05) is 7.05 Å². The number of hydrogen-bond donors (Lipinski definition) is 2. The lowest BCUT2D eigenvalue weighted by molar-refractivity contribution is 0.186.